The van der Waals surface area contributed by atoms with Crippen LogP contribution in [0.3, 0.4) is 0 Å². The molecule has 0 aliphatic carbocycles. The van der Waals surface area contributed by atoms with Gasteiger partial charge in [-0.05, 0) is 27.4 Å². The van der Waals surface area contributed by atoms with Crippen molar-refractivity contribution < 1.29 is 4.79 Å². The van der Waals surface area contributed by atoms with Gasteiger partial charge in [-0.1, -0.05) is 58.3 Å². The topological polar surface area (TPSA) is 20.3 Å². The Labute approximate surface area is 114 Å². The Kier molecular flexibility index (Phi) is 11.5. The molecule has 108 valence electrons. The van der Waals surface area contributed by atoms with Crippen LogP contribution in [-0.2, 0) is 4.79 Å². The minimum absolute atomic E-state index is 0.0824. The predicted molar refractivity (Wildman–Crippen MR) is 80.0 cm³/mol. The molecule has 1 atom stereocenters. The fraction of sp³-hybridized carbons (Fsp3) is 0.938. The molecular formula is C16H33NO. The molecule has 2 nitrogen and oxygen atoms in total. The Bertz CT molecular complexity index is 201. The second kappa shape index (κ2) is 11.7. The average molecular weight is 255 g/mol. The molecule has 0 rings (SSSR count). The van der Waals surface area contributed by atoms with Crippen LogP contribution >= 0.6 is 0 Å². The van der Waals surface area contributed by atoms with Gasteiger partial charge in [-0.15, -0.1) is 0 Å². The van der Waals surface area contributed by atoms with Crippen LogP contribution in [0.5, 0.6) is 0 Å². The minimum atomic E-state index is 0.0824. The van der Waals surface area contributed by atoms with E-state index in [0.29, 0.717) is 5.78 Å². The first-order chi connectivity index (χ1) is 8.59. The van der Waals surface area contributed by atoms with E-state index in [-0.39, 0.29) is 6.04 Å². The van der Waals surface area contributed by atoms with Crippen LogP contribution in [0, 0.1) is 0 Å². The Hall–Kier alpha value is -0.370. The summed E-state index contributed by atoms with van der Waals surface area (Å²) in [6.07, 6.45) is 12.6. The van der Waals surface area contributed by atoms with Gasteiger partial charge in [-0.25, -0.2) is 0 Å². The van der Waals surface area contributed by atoms with Gasteiger partial charge in [0.1, 0.15) is 5.78 Å². The second-order valence-electron chi connectivity index (χ2n) is 5.68. The van der Waals surface area contributed by atoms with Crippen molar-refractivity contribution in [1.29, 1.82) is 0 Å². The van der Waals surface area contributed by atoms with Gasteiger partial charge in [-0.3, -0.25) is 9.69 Å². The fourth-order valence-electron chi connectivity index (χ4n) is 2.11. The van der Waals surface area contributed by atoms with Crippen molar-refractivity contribution in [3.63, 3.8) is 0 Å². The molecule has 0 aliphatic heterocycles. The molecular weight excluding hydrogens is 222 g/mol. The van der Waals surface area contributed by atoms with Gasteiger partial charge in [0.25, 0.3) is 0 Å². The van der Waals surface area contributed by atoms with Crippen LogP contribution < -0.4 is 0 Å². The highest BCUT2D eigenvalue weighted by atomic mass is 16.1. The van der Waals surface area contributed by atoms with Crippen molar-refractivity contribution in [1.82, 2.24) is 4.90 Å². The number of Topliss-reactive ketones (excluding diaryl/α,β-unsaturated/α-hetero) is 1. The number of nitrogens with zero attached hydrogens (tertiary/aromatic N) is 1. The molecule has 0 radical (unpaired) electrons. The largest absolute Gasteiger partial charge is 0.300 e. The summed E-state index contributed by atoms with van der Waals surface area (Å²) in [6, 6.07) is 0.0824. The number of rotatable bonds is 12. The average Bonchev–Trinajstić information content (AvgIpc) is 2.35. The first-order valence-corrected chi connectivity index (χ1v) is 7.78. The van der Waals surface area contributed by atoms with Crippen molar-refractivity contribution in [3.05, 3.63) is 0 Å². The third kappa shape index (κ3) is 9.64. The van der Waals surface area contributed by atoms with E-state index in [1.807, 2.05) is 25.9 Å². The van der Waals surface area contributed by atoms with E-state index >= 15 is 0 Å². The van der Waals surface area contributed by atoms with Gasteiger partial charge in [0.2, 0.25) is 0 Å². The highest BCUT2D eigenvalue weighted by Crippen LogP contribution is 2.11. The maximum absolute atomic E-state index is 11.7. The lowest BCUT2D eigenvalue weighted by atomic mass is 10.0. The molecule has 0 fully saturated rings. The van der Waals surface area contributed by atoms with Crippen molar-refractivity contribution in [2.24, 2.45) is 0 Å². The zero-order chi connectivity index (χ0) is 13.8. The number of unbranched alkanes of at least 4 members (excludes halogenated alkanes) is 8. The molecule has 0 saturated heterocycles. The van der Waals surface area contributed by atoms with Gasteiger partial charge in [0.05, 0.1) is 6.04 Å². The molecule has 0 spiro atoms. The van der Waals surface area contributed by atoms with Gasteiger partial charge >= 0.3 is 0 Å². The molecule has 0 bridgehead atoms. The number of likely N-dealkylation sites (N-methyl/N-ethyl adjacent to an activating group) is 1. The highest BCUT2D eigenvalue weighted by Gasteiger charge is 2.13. The summed E-state index contributed by atoms with van der Waals surface area (Å²) in [6.45, 7) is 4.25. The number of ketones is 1. The molecule has 0 aromatic rings. The van der Waals surface area contributed by atoms with Gasteiger partial charge in [-0.2, -0.15) is 0 Å². The summed E-state index contributed by atoms with van der Waals surface area (Å²) in [7, 11) is 3.94. The number of hydrogen-bond donors (Lipinski definition) is 0. The van der Waals surface area contributed by atoms with Gasteiger partial charge in [0, 0.05) is 6.42 Å². The fourth-order valence-corrected chi connectivity index (χ4v) is 2.11. The molecule has 0 aliphatic rings. The minimum Gasteiger partial charge on any atom is -0.300 e. The zero-order valence-electron chi connectivity index (χ0n) is 13.0. The van der Waals surface area contributed by atoms with E-state index in [0.717, 1.165) is 12.8 Å². The summed E-state index contributed by atoms with van der Waals surface area (Å²) < 4.78 is 0. The third-order valence-electron chi connectivity index (χ3n) is 3.77. The lowest BCUT2D eigenvalue weighted by molar-refractivity contribution is -0.123. The SMILES string of the molecule is CCCCCCCCCCCC(=O)C(C)N(C)C. The quantitative estimate of drug-likeness (QED) is 0.481. The summed E-state index contributed by atoms with van der Waals surface area (Å²) in [5.41, 5.74) is 0. The van der Waals surface area contributed by atoms with E-state index in [1.54, 1.807) is 0 Å². The summed E-state index contributed by atoms with van der Waals surface area (Å²) in [5, 5.41) is 0. The molecule has 0 heterocycles. The van der Waals surface area contributed by atoms with E-state index in [2.05, 4.69) is 6.92 Å². The lowest BCUT2D eigenvalue weighted by Gasteiger charge is -2.18. The molecule has 0 N–H and O–H groups in total. The molecule has 0 aromatic carbocycles. The standard InChI is InChI=1S/C16H33NO/c1-5-6-7-8-9-10-11-12-13-14-16(18)15(2)17(3)4/h15H,5-14H2,1-4H3. The number of carbonyl (C=O) groups is 1. The van der Waals surface area contributed by atoms with Crippen LogP contribution in [0.2, 0.25) is 0 Å². The zero-order valence-corrected chi connectivity index (χ0v) is 13.0. The second-order valence-corrected chi connectivity index (χ2v) is 5.68. The van der Waals surface area contributed by atoms with Gasteiger partial charge < -0.3 is 0 Å². The number of hydrogen-bond acceptors (Lipinski definition) is 2. The summed E-state index contributed by atoms with van der Waals surface area (Å²) in [4.78, 5) is 13.7. The van der Waals surface area contributed by atoms with Crippen molar-refractivity contribution in [3.8, 4) is 0 Å². The number of carbonyl (C=O) groups excluding carboxylic acids is 1. The molecule has 2 heteroatoms. The van der Waals surface area contributed by atoms with E-state index in [1.165, 1.54) is 51.4 Å². The van der Waals surface area contributed by atoms with Crippen LogP contribution in [-0.4, -0.2) is 30.8 Å². The lowest BCUT2D eigenvalue weighted by Crippen LogP contribution is -2.32. The molecule has 0 amide bonds. The van der Waals surface area contributed by atoms with E-state index in [4.69, 9.17) is 0 Å². The van der Waals surface area contributed by atoms with Crippen LogP contribution in [0.15, 0.2) is 0 Å². The van der Waals surface area contributed by atoms with E-state index < -0.39 is 0 Å². The smallest absolute Gasteiger partial charge is 0.149 e. The first kappa shape index (κ1) is 17.6. The van der Waals surface area contributed by atoms with Crippen molar-refractivity contribution >= 4 is 5.78 Å². The molecule has 0 aromatic heterocycles. The van der Waals surface area contributed by atoms with Gasteiger partial charge in [0.15, 0.2) is 0 Å². The Balaban J connectivity index is 3.27. The summed E-state index contributed by atoms with van der Waals surface area (Å²) >= 11 is 0. The first-order valence-electron chi connectivity index (χ1n) is 7.78. The maximum atomic E-state index is 11.7. The monoisotopic (exact) mass is 255 g/mol. The highest BCUT2D eigenvalue weighted by molar-refractivity contribution is 5.83. The molecule has 0 saturated carbocycles. The maximum Gasteiger partial charge on any atom is 0.149 e. The normalized spacial score (nSPS) is 12.9. The Morgan fingerprint density at radius 1 is 0.889 bits per heavy atom. The van der Waals surface area contributed by atoms with Crippen LogP contribution in [0.1, 0.15) is 78.1 Å². The Morgan fingerprint density at radius 3 is 1.78 bits per heavy atom. The van der Waals surface area contributed by atoms with Crippen LogP contribution in [0.25, 0.3) is 0 Å². The van der Waals surface area contributed by atoms with Crippen molar-refractivity contribution in [2.75, 3.05) is 14.1 Å². The molecule has 1 unspecified atom stereocenters. The van der Waals surface area contributed by atoms with E-state index in [9.17, 15) is 4.79 Å². The third-order valence-corrected chi connectivity index (χ3v) is 3.77. The molecule has 18 heavy (non-hydrogen) atoms. The van der Waals surface area contributed by atoms with Crippen molar-refractivity contribution in [2.45, 2.75) is 84.1 Å². The Morgan fingerprint density at radius 2 is 1.33 bits per heavy atom. The predicted octanol–water partition coefficient (Wildman–Crippen LogP) is 4.43. The summed E-state index contributed by atoms with van der Waals surface area (Å²) in [5.74, 6) is 0.392. The van der Waals surface area contributed by atoms with Crippen LogP contribution in [0.4, 0.5) is 0 Å².